The Kier molecular flexibility index (Phi) is 4.28. The molecule has 98 valence electrons. The second-order valence-corrected chi connectivity index (χ2v) is 6.39. The van der Waals surface area contributed by atoms with Crippen molar-refractivity contribution in [1.82, 2.24) is 0 Å². The predicted octanol–water partition coefficient (Wildman–Crippen LogP) is 3.48. The lowest BCUT2D eigenvalue weighted by atomic mass is 10.4. The summed E-state index contributed by atoms with van der Waals surface area (Å²) < 4.78 is 26.3. The van der Waals surface area contributed by atoms with Gasteiger partial charge in [-0.3, -0.25) is 4.79 Å². The molecule has 0 aliphatic rings. The van der Waals surface area contributed by atoms with E-state index in [1.165, 1.54) is 0 Å². The molecule has 0 spiro atoms. The minimum atomic E-state index is -3.85. The molecule has 2 aromatic rings. The van der Waals surface area contributed by atoms with E-state index in [1.54, 1.807) is 60.7 Å². The van der Waals surface area contributed by atoms with Gasteiger partial charge in [0.15, 0.2) is 0 Å². The molecule has 0 saturated heterocycles. The lowest BCUT2D eigenvalue weighted by molar-refractivity contribution is -0.124. The van der Waals surface area contributed by atoms with Gasteiger partial charge >= 0.3 is 5.38 Å². The number of halogens is 3. The van der Waals surface area contributed by atoms with E-state index in [0.29, 0.717) is 10.6 Å². The summed E-state index contributed by atoms with van der Waals surface area (Å²) >= 11 is 4.91. The summed E-state index contributed by atoms with van der Waals surface area (Å²) in [7, 11) is -1.82. The largest absolute Gasteiger partial charge is 0.385 e. The minimum absolute atomic E-state index is 0.564. The number of alkyl halides is 3. The number of rotatable bonds is 4. The Morgan fingerprint density at radius 2 is 1.26 bits per heavy atom. The highest BCUT2D eigenvalue weighted by Crippen LogP contribution is 2.42. The molecule has 0 aliphatic carbocycles. The van der Waals surface area contributed by atoms with Crippen LogP contribution in [0.25, 0.3) is 0 Å². The molecule has 0 amide bonds. The van der Waals surface area contributed by atoms with Gasteiger partial charge in [0, 0.05) is 7.92 Å². The Morgan fingerprint density at radius 3 is 1.58 bits per heavy atom. The van der Waals surface area contributed by atoms with Gasteiger partial charge in [-0.1, -0.05) is 60.7 Å². The first-order valence-corrected chi connectivity index (χ1v) is 7.23. The Hall–Kier alpha value is -1.31. The van der Waals surface area contributed by atoms with Crippen molar-refractivity contribution < 1.29 is 13.6 Å². The molecule has 0 atom stereocenters. The Labute approximate surface area is 116 Å². The first-order chi connectivity index (χ1) is 9.00. The number of hydrogen-bond donors (Lipinski definition) is 0. The van der Waals surface area contributed by atoms with Gasteiger partial charge in [-0.05, 0) is 22.2 Å². The highest BCUT2D eigenvalue weighted by Gasteiger charge is 2.42. The van der Waals surface area contributed by atoms with Gasteiger partial charge in [-0.25, -0.2) is 0 Å². The molecule has 0 bridgehead atoms. The van der Waals surface area contributed by atoms with Gasteiger partial charge in [0.05, 0.1) is 0 Å². The van der Waals surface area contributed by atoms with E-state index in [1.807, 2.05) is 0 Å². The van der Waals surface area contributed by atoms with Crippen LogP contribution in [-0.4, -0.2) is 10.9 Å². The molecule has 0 saturated carbocycles. The van der Waals surface area contributed by atoms with Gasteiger partial charge in [0.2, 0.25) is 5.52 Å². The monoisotopic (exact) mass is 298 g/mol. The van der Waals surface area contributed by atoms with Crippen molar-refractivity contribution >= 4 is 35.7 Å². The molecule has 2 rings (SSSR count). The highest BCUT2D eigenvalue weighted by molar-refractivity contribution is 7.88. The summed E-state index contributed by atoms with van der Waals surface area (Å²) in [5.74, 6) is 0. The molecule has 1 nitrogen and oxygen atoms in total. The number of carbonyl (C=O) groups is 1. The third-order valence-corrected chi connectivity index (χ3v) is 5.09. The smallest absolute Gasteiger partial charge is 0.286 e. The van der Waals surface area contributed by atoms with Crippen LogP contribution < -0.4 is 10.6 Å². The summed E-state index contributed by atoms with van der Waals surface area (Å²) in [4.78, 5) is 11.9. The van der Waals surface area contributed by atoms with Crippen molar-refractivity contribution in [2.75, 3.05) is 0 Å². The van der Waals surface area contributed by atoms with Crippen molar-refractivity contribution in [2.24, 2.45) is 0 Å². The molecular formula is C14H10ClF2OP. The topological polar surface area (TPSA) is 17.1 Å². The van der Waals surface area contributed by atoms with E-state index in [2.05, 4.69) is 0 Å². The normalized spacial score (nSPS) is 11.6. The van der Waals surface area contributed by atoms with E-state index in [9.17, 15) is 13.6 Å². The van der Waals surface area contributed by atoms with Crippen LogP contribution in [0.4, 0.5) is 8.78 Å². The van der Waals surface area contributed by atoms with E-state index in [0.717, 1.165) is 0 Å². The Morgan fingerprint density at radius 1 is 0.895 bits per heavy atom. The van der Waals surface area contributed by atoms with Crippen LogP contribution in [0.15, 0.2) is 60.7 Å². The van der Waals surface area contributed by atoms with Gasteiger partial charge in [0.1, 0.15) is 0 Å². The lowest BCUT2D eigenvalue weighted by Gasteiger charge is -2.19. The van der Waals surface area contributed by atoms with Gasteiger partial charge in [-0.15, -0.1) is 0 Å². The Balaban J connectivity index is 2.49. The predicted molar refractivity (Wildman–Crippen MR) is 74.9 cm³/mol. The number of carbonyl (C=O) groups excluding carboxylic acids is 1. The average Bonchev–Trinajstić information content (AvgIpc) is 2.40. The first-order valence-electron chi connectivity index (χ1n) is 5.51. The fraction of sp³-hybridized carbons (Fsp3) is 0.0714. The van der Waals surface area contributed by atoms with Crippen molar-refractivity contribution in [3.05, 3.63) is 60.7 Å². The standard InChI is InChI=1S/C14H10ClF2OP/c15-14(16,17)13(18)19(11-7-3-1-4-8-11)12-9-5-2-6-10-12/h1-10H. The highest BCUT2D eigenvalue weighted by atomic mass is 35.5. The number of hydrogen-bond acceptors (Lipinski definition) is 1. The van der Waals surface area contributed by atoms with Gasteiger partial charge in [-0.2, -0.15) is 8.78 Å². The van der Waals surface area contributed by atoms with Crippen molar-refractivity contribution in [3.8, 4) is 0 Å². The van der Waals surface area contributed by atoms with Crippen LogP contribution in [0.3, 0.4) is 0 Å². The molecule has 0 radical (unpaired) electrons. The second kappa shape index (κ2) is 5.77. The van der Waals surface area contributed by atoms with E-state index >= 15 is 0 Å². The lowest BCUT2D eigenvalue weighted by Crippen LogP contribution is -2.28. The SMILES string of the molecule is O=C(P(c1ccccc1)c1ccccc1)C(F)(F)Cl. The quantitative estimate of drug-likeness (QED) is 0.624. The minimum Gasteiger partial charge on any atom is -0.286 e. The van der Waals surface area contributed by atoms with Crippen LogP contribution in [-0.2, 0) is 4.79 Å². The maximum Gasteiger partial charge on any atom is 0.385 e. The summed E-state index contributed by atoms with van der Waals surface area (Å²) in [5.41, 5.74) is -1.25. The maximum atomic E-state index is 13.2. The maximum absolute atomic E-state index is 13.2. The fourth-order valence-electron chi connectivity index (χ4n) is 1.66. The molecule has 0 heterocycles. The summed E-state index contributed by atoms with van der Waals surface area (Å²) in [5, 5.41) is -2.72. The number of benzene rings is 2. The molecule has 0 N–H and O–H groups in total. The molecule has 2 aromatic carbocycles. The van der Waals surface area contributed by atoms with E-state index in [4.69, 9.17) is 11.6 Å². The molecule has 0 aromatic heterocycles. The summed E-state index contributed by atoms with van der Waals surface area (Å²) in [6, 6.07) is 17.1. The molecule has 19 heavy (non-hydrogen) atoms. The van der Waals surface area contributed by atoms with Gasteiger partial charge in [0.25, 0.3) is 0 Å². The zero-order chi connectivity index (χ0) is 13.9. The van der Waals surface area contributed by atoms with E-state index in [-0.39, 0.29) is 0 Å². The third-order valence-electron chi connectivity index (χ3n) is 2.47. The van der Waals surface area contributed by atoms with Crippen LogP contribution in [0, 0.1) is 0 Å². The van der Waals surface area contributed by atoms with Crippen molar-refractivity contribution in [2.45, 2.75) is 5.38 Å². The Bertz CT molecular complexity index is 515. The average molecular weight is 299 g/mol. The van der Waals surface area contributed by atoms with Crippen LogP contribution in [0.2, 0.25) is 0 Å². The van der Waals surface area contributed by atoms with Crippen LogP contribution in [0.5, 0.6) is 0 Å². The van der Waals surface area contributed by atoms with Crippen molar-refractivity contribution in [3.63, 3.8) is 0 Å². The molecule has 0 fully saturated rings. The van der Waals surface area contributed by atoms with E-state index < -0.39 is 18.8 Å². The molecule has 5 heteroatoms. The van der Waals surface area contributed by atoms with Crippen LogP contribution in [0.1, 0.15) is 0 Å². The molecule has 0 aliphatic heterocycles. The zero-order valence-corrected chi connectivity index (χ0v) is 11.4. The fourth-order valence-corrected chi connectivity index (χ4v) is 3.88. The van der Waals surface area contributed by atoms with Gasteiger partial charge < -0.3 is 0 Å². The van der Waals surface area contributed by atoms with Crippen molar-refractivity contribution in [1.29, 1.82) is 0 Å². The summed E-state index contributed by atoms with van der Waals surface area (Å²) in [6.07, 6.45) is 0. The second-order valence-electron chi connectivity index (χ2n) is 3.81. The first kappa shape index (κ1) is 14.1. The summed E-state index contributed by atoms with van der Waals surface area (Å²) in [6.45, 7) is 0. The molecular weight excluding hydrogens is 289 g/mol. The molecule has 0 unspecified atom stereocenters. The third kappa shape index (κ3) is 3.37. The zero-order valence-electron chi connectivity index (χ0n) is 9.76. The van der Waals surface area contributed by atoms with Crippen LogP contribution >= 0.6 is 19.5 Å².